The third-order valence-corrected chi connectivity index (χ3v) is 3.42. The maximum absolute atomic E-state index is 12.3. The average molecular weight is 289 g/mol. The number of nitrogens with zero attached hydrogens (tertiary/aromatic N) is 2. The highest BCUT2D eigenvalue weighted by atomic mass is 32.2. The van der Waals surface area contributed by atoms with Crippen molar-refractivity contribution in [2.75, 3.05) is 13.4 Å². The van der Waals surface area contributed by atoms with Gasteiger partial charge in [-0.05, 0) is 18.4 Å². The van der Waals surface area contributed by atoms with E-state index in [0.717, 1.165) is 16.3 Å². The van der Waals surface area contributed by atoms with Gasteiger partial charge in [-0.1, -0.05) is 12.1 Å². The van der Waals surface area contributed by atoms with Crippen molar-refractivity contribution in [3.63, 3.8) is 0 Å². The molecule has 20 heavy (non-hydrogen) atoms. The molecule has 0 aliphatic rings. The summed E-state index contributed by atoms with van der Waals surface area (Å²) in [4.78, 5) is 26.9. The first kappa shape index (κ1) is 14.0. The Morgan fingerprint density at radius 2 is 2.05 bits per heavy atom. The molecule has 1 aromatic heterocycles. The van der Waals surface area contributed by atoms with Gasteiger partial charge in [0.2, 0.25) is 0 Å². The summed E-state index contributed by atoms with van der Waals surface area (Å²) >= 11 is 1.14. The smallest absolute Gasteiger partial charge is 0.334 e. The van der Waals surface area contributed by atoms with Gasteiger partial charge in [0.15, 0.2) is 0 Å². The summed E-state index contributed by atoms with van der Waals surface area (Å²) in [5, 5.41) is 9.35. The lowest BCUT2D eigenvalue weighted by atomic mass is 10.2. The van der Waals surface area contributed by atoms with Gasteiger partial charge in [0, 0.05) is 0 Å². The molecule has 0 spiro atoms. The van der Waals surface area contributed by atoms with Crippen molar-refractivity contribution in [1.29, 1.82) is 5.26 Å². The van der Waals surface area contributed by atoms with E-state index in [1.54, 1.807) is 30.5 Å². The highest BCUT2D eigenvalue weighted by Crippen LogP contribution is 2.20. The lowest BCUT2D eigenvalue weighted by Gasteiger charge is -2.10. The summed E-state index contributed by atoms with van der Waals surface area (Å²) in [6.07, 6.45) is 1.68. The predicted octanol–water partition coefficient (Wildman–Crippen LogP) is 1.13. The average Bonchev–Trinajstić information content (AvgIpc) is 2.47. The Kier molecular flexibility index (Phi) is 3.96. The lowest BCUT2D eigenvalue weighted by molar-refractivity contribution is 0.412. The van der Waals surface area contributed by atoms with Crippen LogP contribution in [-0.4, -0.2) is 22.9 Å². The second-order valence-electron chi connectivity index (χ2n) is 3.76. The molecule has 0 bridgehead atoms. The predicted molar refractivity (Wildman–Crippen MR) is 75.7 cm³/mol. The van der Waals surface area contributed by atoms with Crippen LogP contribution in [0.4, 0.5) is 0 Å². The standard InChI is InChI=1S/C13H11N3O3S/c1-19-10-6-4-3-5-9(10)16-12(17)8(7-14)11(20-2)15-13(16)18/h3-6H,1-2H3,(H,15,18). The van der Waals surface area contributed by atoms with Crippen LogP contribution in [0.3, 0.4) is 0 Å². The van der Waals surface area contributed by atoms with E-state index in [4.69, 9.17) is 10.00 Å². The highest BCUT2D eigenvalue weighted by Gasteiger charge is 2.16. The Morgan fingerprint density at radius 3 is 2.65 bits per heavy atom. The van der Waals surface area contributed by atoms with E-state index < -0.39 is 11.2 Å². The normalized spacial score (nSPS) is 10.1. The van der Waals surface area contributed by atoms with Gasteiger partial charge in [-0.15, -0.1) is 11.8 Å². The number of aromatic amines is 1. The molecule has 0 aliphatic carbocycles. The molecule has 0 saturated carbocycles. The fraction of sp³-hybridized carbons (Fsp3) is 0.154. The van der Waals surface area contributed by atoms with Gasteiger partial charge < -0.3 is 9.72 Å². The van der Waals surface area contributed by atoms with Crippen molar-refractivity contribution in [2.24, 2.45) is 0 Å². The number of H-pyrrole nitrogens is 1. The lowest BCUT2D eigenvalue weighted by Crippen LogP contribution is -2.36. The van der Waals surface area contributed by atoms with E-state index in [2.05, 4.69) is 4.98 Å². The van der Waals surface area contributed by atoms with Crippen molar-refractivity contribution in [3.8, 4) is 17.5 Å². The van der Waals surface area contributed by atoms with Gasteiger partial charge in [-0.3, -0.25) is 4.79 Å². The van der Waals surface area contributed by atoms with E-state index >= 15 is 0 Å². The Bertz CT molecular complexity index is 802. The van der Waals surface area contributed by atoms with Crippen molar-refractivity contribution in [3.05, 3.63) is 50.7 Å². The van der Waals surface area contributed by atoms with Crippen LogP contribution in [0.2, 0.25) is 0 Å². The molecule has 0 fully saturated rings. The first-order chi connectivity index (χ1) is 9.63. The number of nitrogens with one attached hydrogen (secondary N) is 1. The van der Waals surface area contributed by atoms with Crippen LogP contribution in [0, 0.1) is 11.3 Å². The molecular weight excluding hydrogens is 278 g/mol. The zero-order chi connectivity index (χ0) is 14.7. The number of nitriles is 1. The maximum Gasteiger partial charge on any atom is 0.334 e. The van der Waals surface area contributed by atoms with Gasteiger partial charge in [0.05, 0.1) is 17.8 Å². The molecule has 0 amide bonds. The summed E-state index contributed by atoms with van der Waals surface area (Å²) in [5.74, 6) is 0.376. The van der Waals surface area contributed by atoms with Crippen molar-refractivity contribution in [2.45, 2.75) is 5.03 Å². The molecular formula is C13H11N3O3S. The minimum atomic E-state index is -0.662. The maximum atomic E-state index is 12.3. The quantitative estimate of drug-likeness (QED) is 0.676. The van der Waals surface area contributed by atoms with Crippen molar-refractivity contribution >= 4 is 11.8 Å². The zero-order valence-corrected chi connectivity index (χ0v) is 11.7. The fourth-order valence-electron chi connectivity index (χ4n) is 1.80. The SMILES string of the molecule is COc1ccccc1-n1c(=O)[nH]c(SC)c(C#N)c1=O. The van der Waals surface area contributed by atoms with Gasteiger partial charge >= 0.3 is 5.69 Å². The third kappa shape index (κ3) is 2.21. The Balaban J connectivity index is 2.87. The number of para-hydroxylation sites is 2. The Hall–Kier alpha value is -2.46. The summed E-state index contributed by atoms with van der Waals surface area (Å²) in [6, 6.07) is 8.44. The number of methoxy groups -OCH3 is 1. The molecule has 0 saturated heterocycles. The molecule has 7 heteroatoms. The zero-order valence-electron chi connectivity index (χ0n) is 10.8. The van der Waals surface area contributed by atoms with Crippen LogP contribution in [-0.2, 0) is 0 Å². The van der Waals surface area contributed by atoms with E-state index in [1.165, 1.54) is 7.11 Å². The number of rotatable bonds is 3. The van der Waals surface area contributed by atoms with Gasteiger partial charge in [-0.25, -0.2) is 9.36 Å². The van der Waals surface area contributed by atoms with Gasteiger partial charge in [0.1, 0.15) is 17.4 Å². The molecule has 2 aromatic rings. The molecule has 2 rings (SSSR count). The van der Waals surface area contributed by atoms with E-state index in [0.29, 0.717) is 11.4 Å². The minimum absolute atomic E-state index is 0.0944. The van der Waals surface area contributed by atoms with Crippen molar-refractivity contribution in [1.82, 2.24) is 9.55 Å². The van der Waals surface area contributed by atoms with Gasteiger partial charge in [0.25, 0.3) is 5.56 Å². The van der Waals surface area contributed by atoms with Crippen LogP contribution >= 0.6 is 11.8 Å². The molecule has 1 N–H and O–H groups in total. The second-order valence-corrected chi connectivity index (χ2v) is 4.58. The van der Waals surface area contributed by atoms with Crippen molar-refractivity contribution < 1.29 is 4.74 Å². The summed E-state index contributed by atoms with van der Waals surface area (Å²) in [6.45, 7) is 0. The highest BCUT2D eigenvalue weighted by molar-refractivity contribution is 7.98. The van der Waals surface area contributed by atoms with Crippen LogP contribution in [0.1, 0.15) is 5.56 Å². The monoisotopic (exact) mass is 289 g/mol. The van der Waals surface area contributed by atoms with E-state index in [1.807, 2.05) is 6.07 Å². The van der Waals surface area contributed by atoms with Crippen LogP contribution in [0.15, 0.2) is 38.9 Å². The number of aromatic nitrogens is 2. The van der Waals surface area contributed by atoms with Crippen LogP contribution in [0.25, 0.3) is 5.69 Å². The minimum Gasteiger partial charge on any atom is -0.495 e. The number of benzene rings is 1. The molecule has 0 unspecified atom stereocenters. The summed E-state index contributed by atoms with van der Waals surface area (Å²) in [7, 11) is 1.44. The Labute approximate surface area is 118 Å². The number of hydrogen-bond donors (Lipinski definition) is 1. The number of thioether (sulfide) groups is 1. The molecule has 0 atom stereocenters. The third-order valence-electron chi connectivity index (χ3n) is 2.71. The fourth-order valence-corrected chi connectivity index (χ4v) is 2.33. The Morgan fingerprint density at radius 1 is 1.35 bits per heavy atom. The topological polar surface area (TPSA) is 87.9 Å². The molecule has 6 nitrogen and oxygen atoms in total. The van der Waals surface area contributed by atoms with Gasteiger partial charge in [-0.2, -0.15) is 5.26 Å². The molecule has 0 radical (unpaired) electrons. The van der Waals surface area contributed by atoms with Crippen LogP contribution < -0.4 is 16.0 Å². The first-order valence-corrected chi connectivity index (χ1v) is 6.83. The molecule has 102 valence electrons. The van der Waals surface area contributed by atoms with E-state index in [9.17, 15) is 9.59 Å². The summed E-state index contributed by atoms with van der Waals surface area (Å²) < 4.78 is 6.04. The summed E-state index contributed by atoms with van der Waals surface area (Å²) in [5.41, 5.74) is -1.07. The number of ether oxygens (including phenoxy) is 1. The van der Waals surface area contributed by atoms with E-state index in [-0.39, 0.29) is 10.6 Å². The largest absolute Gasteiger partial charge is 0.495 e. The number of hydrogen-bond acceptors (Lipinski definition) is 5. The van der Waals surface area contributed by atoms with Crippen LogP contribution in [0.5, 0.6) is 5.75 Å². The first-order valence-electron chi connectivity index (χ1n) is 5.60. The molecule has 1 aromatic carbocycles. The second kappa shape index (κ2) is 5.67. The molecule has 0 aliphatic heterocycles. The molecule has 1 heterocycles.